The fourth-order valence-electron chi connectivity index (χ4n) is 1.03. The number of methoxy groups -OCH3 is 1. The minimum absolute atomic E-state index is 0.245. The van der Waals surface area contributed by atoms with Crippen LogP contribution in [-0.4, -0.2) is 13.1 Å². The number of ether oxygens (including phenoxy) is 1. The first-order valence-electron chi connectivity index (χ1n) is 5.29. The molecule has 0 bridgehead atoms. The van der Waals surface area contributed by atoms with Crippen LogP contribution in [0.15, 0.2) is 30.3 Å². The maximum atomic E-state index is 9.59. The van der Waals surface area contributed by atoms with E-state index in [1.165, 1.54) is 38.9 Å². The first-order chi connectivity index (χ1) is 7.20. The summed E-state index contributed by atoms with van der Waals surface area (Å²) in [5, 5.41) is 0. The highest BCUT2D eigenvalue weighted by molar-refractivity contribution is 5.65. The van der Waals surface area contributed by atoms with Gasteiger partial charge in [-0.05, 0) is 18.4 Å². The Labute approximate surface area is 92.3 Å². The van der Waals surface area contributed by atoms with Crippen molar-refractivity contribution in [1.29, 1.82) is 0 Å². The van der Waals surface area contributed by atoms with Crippen LogP contribution < -0.4 is 0 Å². The molecule has 0 fully saturated rings. The molecule has 0 atom stereocenters. The van der Waals surface area contributed by atoms with E-state index in [-0.39, 0.29) is 5.97 Å². The summed E-state index contributed by atoms with van der Waals surface area (Å²) in [4.78, 5) is 9.59. The number of hydrogen-bond acceptors (Lipinski definition) is 2. The van der Waals surface area contributed by atoms with Gasteiger partial charge in [0.25, 0.3) is 0 Å². The average molecular weight is 208 g/mol. The Morgan fingerprint density at radius 3 is 2.20 bits per heavy atom. The van der Waals surface area contributed by atoms with Crippen molar-refractivity contribution < 1.29 is 9.53 Å². The fourth-order valence-corrected chi connectivity index (χ4v) is 1.03. The molecule has 0 aliphatic heterocycles. The minimum Gasteiger partial charge on any atom is -0.469 e. The van der Waals surface area contributed by atoms with E-state index in [9.17, 15) is 4.79 Å². The van der Waals surface area contributed by atoms with Crippen molar-refractivity contribution in [1.82, 2.24) is 0 Å². The molecule has 0 amide bonds. The molecule has 0 radical (unpaired) electrons. The largest absolute Gasteiger partial charge is 0.469 e. The van der Waals surface area contributed by atoms with E-state index < -0.39 is 0 Å². The third-order valence-electron chi connectivity index (χ3n) is 1.95. The SMILES string of the molecule is CCCCc1ccccc1.COC(C)=O. The monoisotopic (exact) mass is 208 g/mol. The molecule has 0 saturated heterocycles. The summed E-state index contributed by atoms with van der Waals surface area (Å²) >= 11 is 0. The predicted octanol–water partition coefficient (Wildman–Crippen LogP) is 3.21. The molecular formula is C13H20O2. The zero-order valence-corrected chi connectivity index (χ0v) is 9.82. The third kappa shape index (κ3) is 9.01. The van der Waals surface area contributed by atoms with Crippen LogP contribution in [0.5, 0.6) is 0 Å². The van der Waals surface area contributed by atoms with Gasteiger partial charge in [0.15, 0.2) is 0 Å². The molecule has 0 unspecified atom stereocenters. The van der Waals surface area contributed by atoms with E-state index in [0.717, 1.165) is 0 Å². The van der Waals surface area contributed by atoms with E-state index in [0.29, 0.717) is 0 Å². The number of unbranched alkanes of at least 4 members (excludes halogenated alkanes) is 1. The molecule has 1 aromatic carbocycles. The van der Waals surface area contributed by atoms with Gasteiger partial charge in [-0.1, -0.05) is 43.7 Å². The minimum atomic E-state index is -0.245. The first-order valence-corrected chi connectivity index (χ1v) is 5.29. The summed E-state index contributed by atoms with van der Waals surface area (Å²) in [6, 6.07) is 10.6. The van der Waals surface area contributed by atoms with Crippen molar-refractivity contribution in [3.63, 3.8) is 0 Å². The zero-order chi connectivity index (χ0) is 11.5. The number of benzene rings is 1. The normalized spacial score (nSPS) is 8.73. The molecule has 2 nitrogen and oxygen atoms in total. The molecule has 84 valence electrons. The van der Waals surface area contributed by atoms with E-state index >= 15 is 0 Å². The van der Waals surface area contributed by atoms with Crippen molar-refractivity contribution in [3.05, 3.63) is 35.9 Å². The number of carbonyl (C=O) groups is 1. The Hall–Kier alpha value is -1.31. The van der Waals surface area contributed by atoms with Crippen molar-refractivity contribution in [3.8, 4) is 0 Å². The van der Waals surface area contributed by atoms with Crippen molar-refractivity contribution in [2.75, 3.05) is 7.11 Å². The number of aryl methyl sites for hydroxylation is 1. The smallest absolute Gasteiger partial charge is 0.302 e. The molecule has 0 aromatic heterocycles. The van der Waals surface area contributed by atoms with E-state index in [2.05, 4.69) is 42.0 Å². The van der Waals surface area contributed by atoms with Gasteiger partial charge in [-0.3, -0.25) is 4.79 Å². The second-order valence-corrected chi connectivity index (χ2v) is 3.28. The molecule has 0 N–H and O–H groups in total. The standard InChI is InChI=1S/C10H14.C3H6O2/c1-2-3-7-10-8-5-4-6-9-10;1-3(4)5-2/h4-6,8-9H,2-3,7H2,1H3;1-2H3. The van der Waals surface area contributed by atoms with Gasteiger partial charge in [-0.2, -0.15) is 0 Å². The highest BCUT2D eigenvalue weighted by atomic mass is 16.5. The average Bonchev–Trinajstić information content (AvgIpc) is 2.28. The quantitative estimate of drug-likeness (QED) is 0.713. The molecule has 0 aliphatic carbocycles. The van der Waals surface area contributed by atoms with Crippen molar-refractivity contribution >= 4 is 5.97 Å². The van der Waals surface area contributed by atoms with E-state index in [1.807, 2.05) is 0 Å². The van der Waals surface area contributed by atoms with Crippen LogP contribution in [-0.2, 0) is 16.0 Å². The fraction of sp³-hybridized carbons (Fsp3) is 0.462. The van der Waals surface area contributed by atoms with Gasteiger partial charge in [0, 0.05) is 6.92 Å². The van der Waals surface area contributed by atoms with Gasteiger partial charge in [-0.25, -0.2) is 0 Å². The van der Waals surface area contributed by atoms with Crippen molar-refractivity contribution in [2.45, 2.75) is 33.1 Å². The molecule has 0 heterocycles. The maximum absolute atomic E-state index is 9.59. The van der Waals surface area contributed by atoms with Gasteiger partial charge in [0.1, 0.15) is 0 Å². The van der Waals surface area contributed by atoms with Gasteiger partial charge in [-0.15, -0.1) is 0 Å². The zero-order valence-electron chi connectivity index (χ0n) is 9.82. The van der Waals surface area contributed by atoms with Crippen LogP contribution in [0.2, 0.25) is 0 Å². The lowest BCUT2D eigenvalue weighted by Gasteiger charge is -1.96. The molecular weight excluding hydrogens is 188 g/mol. The molecule has 2 heteroatoms. The van der Waals surface area contributed by atoms with Gasteiger partial charge in [0.2, 0.25) is 0 Å². The number of rotatable bonds is 3. The number of esters is 1. The topological polar surface area (TPSA) is 26.3 Å². The lowest BCUT2D eigenvalue weighted by atomic mass is 10.1. The Morgan fingerprint density at radius 1 is 1.27 bits per heavy atom. The van der Waals surface area contributed by atoms with Crippen LogP contribution in [0.3, 0.4) is 0 Å². The van der Waals surface area contributed by atoms with Crippen LogP contribution in [0, 0.1) is 0 Å². The maximum Gasteiger partial charge on any atom is 0.302 e. The summed E-state index contributed by atoms with van der Waals surface area (Å²) in [6.07, 6.45) is 3.83. The lowest BCUT2D eigenvalue weighted by molar-refractivity contribution is -0.137. The summed E-state index contributed by atoms with van der Waals surface area (Å²) in [7, 11) is 1.35. The Balaban J connectivity index is 0.000000336. The Kier molecular flexibility index (Phi) is 8.44. The van der Waals surface area contributed by atoms with E-state index in [1.54, 1.807) is 0 Å². The summed E-state index contributed by atoms with van der Waals surface area (Å²) in [5.41, 5.74) is 1.46. The first kappa shape index (κ1) is 13.7. The second-order valence-electron chi connectivity index (χ2n) is 3.28. The predicted molar refractivity (Wildman–Crippen MR) is 62.7 cm³/mol. The molecule has 1 rings (SSSR count). The molecule has 0 saturated carbocycles. The van der Waals surface area contributed by atoms with Gasteiger partial charge in [0.05, 0.1) is 7.11 Å². The molecule has 15 heavy (non-hydrogen) atoms. The van der Waals surface area contributed by atoms with Crippen LogP contribution in [0.1, 0.15) is 32.3 Å². The molecule has 1 aromatic rings. The molecule has 0 spiro atoms. The summed E-state index contributed by atoms with van der Waals surface area (Å²) in [5.74, 6) is -0.245. The number of hydrogen-bond donors (Lipinski definition) is 0. The summed E-state index contributed by atoms with van der Waals surface area (Å²) < 4.78 is 4.11. The highest BCUT2D eigenvalue weighted by Gasteiger charge is 1.87. The Bertz CT molecular complexity index is 254. The summed E-state index contributed by atoms with van der Waals surface area (Å²) in [6.45, 7) is 3.59. The second kappa shape index (κ2) is 9.25. The third-order valence-corrected chi connectivity index (χ3v) is 1.95. The van der Waals surface area contributed by atoms with Crippen molar-refractivity contribution in [2.24, 2.45) is 0 Å². The van der Waals surface area contributed by atoms with Gasteiger partial charge >= 0.3 is 5.97 Å². The van der Waals surface area contributed by atoms with E-state index in [4.69, 9.17) is 0 Å². The van der Waals surface area contributed by atoms with Crippen LogP contribution >= 0.6 is 0 Å². The number of carbonyl (C=O) groups excluding carboxylic acids is 1. The van der Waals surface area contributed by atoms with Gasteiger partial charge < -0.3 is 4.74 Å². The highest BCUT2D eigenvalue weighted by Crippen LogP contribution is 2.03. The Morgan fingerprint density at radius 2 is 1.80 bits per heavy atom. The molecule has 0 aliphatic rings. The van der Waals surface area contributed by atoms with Crippen LogP contribution in [0.4, 0.5) is 0 Å². The van der Waals surface area contributed by atoms with Crippen LogP contribution in [0.25, 0.3) is 0 Å². The lowest BCUT2D eigenvalue weighted by Crippen LogP contribution is -1.88.